The molecule has 1 unspecified atom stereocenters. The minimum atomic E-state index is 0.362. The Hall–Kier alpha value is -0.820. The predicted octanol–water partition coefficient (Wildman–Crippen LogP) is 4.24. The van der Waals surface area contributed by atoms with Gasteiger partial charge in [-0.05, 0) is 44.7 Å². The lowest BCUT2D eigenvalue weighted by Crippen LogP contribution is -2.46. The second-order valence-corrected chi connectivity index (χ2v) is 5.93. The molecule has 1 aliphatic heterocycles. The van der Waals surface area contributed by atoms with E-state index in [1.165, 1.54) is 62.6 Å². The first kappa shape index (κ1) is 13.6. The molecule has 0 spiro atoms. The summed E-state index contributed by atoms with van der Waals surface area (Å²) in [4.78, 5) is 0. The molecule has 18 heavy (non-hydrogen) atoms. The lowest BCUT2D eigenvalue weighted by molar-refractivity contribution is 0.288. The summed E-state index contributed by atoms with van der Waals surface area (Å²) >= 11 is 0. The molecule has 0 aromatic heterocycles. The van der Waals surface area contributed by atoms with Crippen LogP contribution in [0.15, 0.2) is 24.3 Å². The summed E-state index contributed by atoms with van der Waals surface area (Å²) in [5.41, 5.74) is 3.21. The maximum atomic E-state index is 3.86. The third-order valence-corrected chi connectivity index (χ3v) is 4.22. The van der Waals surface area contributed by atoms with Crippen LogP contribution in [0.2, 0.25) is 0 Å². The summed E-state index contributed by atoms with van der Waals surface area (Å²) in [5, 5.41) is 3.86. The van der Waals surface area contributed by atoms with E-state index in [9.17, 15) is 0 Å². The van der Waals surface area contributed by atoms with Crippen LogP contribution in [0.25, 0.3) is 0 Å². The number of nitrogens with one attached hydrogen (secondary N) is 1. The van der Waals surface area contributed by atoms with Gasteiger partial charge in [-0.3, -0.25) is 0 Å². The zero-order valence-electron chi connectivity index (χ0n) is 12.0. The van der Waals surface area contributed by atoms with Gasteiger partial charge in [0.25, 0.3) is 0 Å². The minimum absolute atomic E-state index is 0.362. The Bertz CT molecular complexity index is 344. The lowest BCUT2D eigenvalue weighted by Gasteiger charge is -2.34. The maximum absolute atomic E-state index is 3.86. The van der Waals surface area contributed by atoms with Gasteiger partial charge in [-0.15, -0.1) is 0 Å². The molecule has 1 N–H and O–H groups in total. The Balaban J connectivity index is 2.11. The predicted molar refractivity (Wildman–Crippen MR) is 79.0 cm³/mol. The van der Waals surface area contributed by atoms with Crippen LogP contribution >= 0.6 is 0 Å². The Morgan fingerprint density at radius 1 is 1.11 bits per heavy atom. The van der Waals surface area contributed by atoms with Crippen LogP contribution in [0.3, 0.4) is 0 Å². The summed E-state index contributed by atoms with van der Waals surface area (Å²) in [6, 6.07) is 9.09. The molecule has 100 valence electrons. The van der Waals surface area contributed by atoms with E-state index in [0.717, 1.165) is 0 Å². The van der Waals surface area contributed by atoms with E-state index in [1.54, 1.807) is 0 Å². The molecule has 1 nitrogen and oxygen atoms in total. The smallest absolute Gasteiger partial charge is 0.0221 e. The van der Waals surface area contributed by atoms with Gasteiger partial charge in [0.15, 0.2) is 0 Å². The van der Waals surface area contributed by atoms with Crippen LogP contribution in [-0.2, 0) is 6.42 Å². The number of aryl methyl sites for hydroxylation is 1. The molecular formula is C17H27N. The van der Waals surface area contributed by atoms with Crippen LogP contribution in [-0.4, -0.2) is 12.1 Å². The van der Waals surface area contributed by atoms with Gasteiger partial charge >= 0.3 is 0 Å². The fraction of sp³-hybridized carbons (Fsp3) is 0.647. The van der Waals surface area contributed by atoms with Crippen molar-refractivity contribution in [3.63, 3.8) is 0 Å². The van der Waals surface area contributed by atoms with E-state index in [0.29, 0.717) is 5.54 Å². The molecule has 0 amide bonds. The van der Waals surface area contributed by atoms with Crippen LogP contribution in [0.5, 0.6) is 0 Å². The summed E-state index contributed by atoms with van der Waals surface area (Å²) in [6.07, 6.45) is 9.25. The average Bonchev–Trinajstić information content (AvgIpc) is 2.59. The molecule has 0 aliphatic carbocycles. The fourth-order valence-electron chi connectivity index (χ4n) is 3.23. The van der Waals surface area contributed by atoms with Crippen molar-refractivity contribution in [3.05, 3.63) is 35.4 Å². The van der Waals surface area contributed by atoms with Crippen LogP contribution < -0.4 is 5.32 Å². The highest BCUT2D eigenvalue weighted by atomic mass is 15.0. The van der Waals surface area contributed by atoms with Gasteiger partial charge in [-0.25, -0.2) is 0 Å². The van der Waals surface area contributed by atoms with Gasteiger partial charge in [0, 0.05) is 5.54 Å². The maximum Gasteiger partial charge on any atom is 0.0221 e. The van der Waals surface area contributed by atoms with Crippen molar-refractivity contribution < 1.29 is 0 Å². The normalized spacial score (nSPS) is 24.8. The molecule has 1 heterocycles. The average molecular weight is 245 g/mol. The molecule has 1 saturated heterocycles. The summed E-state index contributed by atoms with van der Waals surface area (Å²) in [6.45, 7) is 5.67. The molecule has 1 aromatic rings. The van der Waals surface area contributed by atoms with Crippen molar-refractivity contribution in [2.75, 3.05) is 6.54 Å². The molecule has 1 heteroatoms. The molecule has 2 rings (SSSR count). The second-order valence-electron chi connectivity index (χ2n) is 5.93. The van der Waals surface area contributed by atoms with E-state index in [4.69, 9.17) is 0 Å². The van der Waals surface area contributed by atoms with Crippen molar-refractivity contribution in [1.29, 1.82) is 0 Å². The lowest BCUT2D eigenvalue weighted by atomic mass is 9.82. The van der Waals surface area contributed by atoms with Gasteiger partial charge in [-0.2, -0.15) is 0 Å². The first-order chi connectivity index (χ1) is 8.74. The highest BCUT2D eigenvalue weighted by Gasteiger charge is 2.29. The summed E-state index contributed by atoms with van der Waals surface area (Å²) in [5.74, 6) is 0. The van der Waals surface area contributed by atoms with E-state index >= 15 is 0 Å². The van der Waals surface area contributed by atoms with Crippen LogP contribution in [0, 0.1) is 6.92 Å². The number of hydrogen-bond acceptors (Lipinski definition) is 1. The molecule has 0 saturated carbocycles. The quantitative estimate of drug-likeness (QED) is 0.836. The molecule has 0 radical (unpaired) electrons. The standard InChI is InChI=1S/C17H27N/c1-3-11-17(12-5-4-6-13-18-17)14-16-9-7-15(2)8-10-16/h7-10,18H,3-6,11-14H2,1-2H3. The van der Waals surface area contributed by atoms with E-state index in [-0.39, 0.29) is 0 Å². The SMILES string of the molecule is CCCC1(Cc2ccc(C)cc2)CCCCCN1. The Labute approximate surface area is 112 Å². The minimum Gasteiger partial charge on any atom is -0.311 e. The third kappa shape index (κ3) is 3.58. The first-order valence-corrected chi connectivity index (χ1v) is 7.55. The van der Waals surface area contributed by atoms with E-state index in [2.05, 4.69) is 43.4 Å². The highest BCUT2D eigenvalue weighted by molar-refractivity contribution is 5.23. The summed E-state index contributed by atoms with van der Waals surface area (Å²) in [7, 11) is 0. The summed E-state index contributed by atoms with van der Waals surface area (Å²) < 4.78 is 0. The van der Waals surface area contributed by atoms with Crippen molar-refractivity contribution in [2.24, 2.45) is 0 Å². The number of hydrogen-bond donors (Lipinski definition) is 1. The molecule has 1 fully saturated rings. The molecule has 1 aromatic carbocycles. The van der Waals surface area contributed by atoms with Crippen LogP contribution in [0.1, 0.15) is 56.6 Å². The van der Waals surface area contributed by atoms with Crippen molar-refractivity contribution >= 4 is 0 Å². The van der Waals surface area contributed by atoms with Gasteiger partial charge in [-0.1, -0.05) is 56.0 Å². The third-order valence-electron chi connectivity index (χ3n) is 4.22. The van der Waals surface area contributed by atoms with E-state index < -0.39 is 0 Å². The van der Waals surface area contributed by atoms with Crippen molar-refractivity contribution in [3.8, 4) is 0 Å². The van der Waals surface area contributed by atoms with Gasteiger partial charge < -0.3 is 5.32 Å². The fourth-order valence-corrected chi connectivity index (χ4v) is 3.23. The van der Waals surface area contributed by atoms with Gasteiger partial charge in [0.2, 0.25) is 0 Å². The molecule has 0 bridgehead atoms. The topological polar surface area (TPSA) is 12.0 Å². The van der Waals surface area contributed by atoms with Gasteiger partial charge in [0.05, 0.1) is 0 Å². The van der Waals surface area contributed by atoms with Crippen molar-refractivity contribution in [1.82, 2.24) is 5.32 Å². The Morgan fingerprint density at radius 2 is 1.89 bits per heavy atom. The Morgan fingerprint density at radius 3 is 2.61 bits per heavy atom. The monoisotopic (exact) mass is 245 g/mol. The largest absolute Gasteiger partial charge is 0.311 e. The Kier molecular flexibility index (Phi) is 4.82. The van der Waals surface area contributed by atoms with Crippen molar-refractivity contribution in [2.45, 2.75) is 64.3 Å². The number of rotatable bonds is 4. The zero-order chi connectivity index (χ0) is 12.8. The second kappa shape index (κ2) is 6.38. The van der Waals surface area contributed by atoms with E-state index in [1.807, 2.05) is 0 Å². The number of benzene rings is 1. The van der Waals surface area contributed by atoms with Crippen LogP contribution in [0.4, 0.5) is 0 Å². The van der Waals surface area contributed by atoms with Gasteiger partial charge in [0.1, 0.15) is 0 Å². The molecule has 1 aliphatic rings. The molecule has 1 atom stereocenters. The zero-order valence-corrected chi connectivity index (χ0v) is 12.0. The highest BCUT2D eigenvalue weighted by Crippen LogP contribution is 2.28. The molecular weight excluding hydrogens is 218 g/mol. The first-order valence-electron chi connectivity index (χ1n) is 7.55.